The first kappa shape index (κ1) is 8.87. The molecule has 66 valence electrons. The third-order valence-electron chi connectivity index (χ3n) is 1.58. The van der Waals surface area contributed by atoms with Crippen LogP contribution in [0, 0.1) is 0 Å². The molecule has 0 saturated carbocycles. The first-order chi connectivity index (χ1) is 5.77. The van der Waals surface area contributed by atoms with Crippen LogP contribution in [0.15, 0.2) is 35.8 Å². The number of hydrogen-bond acceptors (Lipinski definition) is 3. The lowest BCUT2D eigenvalue weighted by Gasteiger charge is -2.13. The molecule has 0 saturated heterocycles. The summed E-state index contributed by atoms with van der Waals surface area (Å²) in [5.41, 5.74) is 0.692. The van der Waals surface area contributed by atoms with Gasteiger partial charge < -0.3 is 14.6 Å². The fourth-order valence-electron chi connectivity index (χ4n) is 0.962. The Kier molecular flexibility index (Phi) is 2.94. The van der Waals surface area contributed by atoms with E-state index in [1.807, 2.05) is 0 Å². The minimum atomic E-state index is -0.594. The number of hydrogen-bond donors (Lipinski definition) is 1. The van der Waals surface area contributed by atoms with Gasteiger partial charge in [-0.2, -0.15) is 0 Å². The standard InChI is InChI=1S/C9H12O3/c1-11-6-7-5-8(12-2)3-4-9(7)10/h3-6,9-10H,1-2H3. The molecular weight excluding hydrogens is 156 g/mol. The molecule has 0 aromatic rings. The van der Waals surface area contributed by atoms with Crippen LogP contribution in [0.4, 0.5) is 0 Å². The van der Waals surface area contributed by atoms with Crippen molar-refractivity contribution >= 4 is 0 Å². The molecule has 3 heteroatoms. The first-order valence-electron chi connectivity index (χ1n) is 3.62. The second kappa shape index (κ2) is 3.97. The van der Waals surface area contributed by atoms with Gasteiger partial charge in [0.1, 0.15) is 11.9 Å². The van der Waals surface area contributed by atoms with Gasteiger partial charge in [0.25, 0.3) is 0 Å². The smallest absolute Gasteiger partial charge is 0.119 e. The van der Waals surface area contributed by atoms with E-state index in [1.165, 1.54) is 6.26 Å². The number of allylic oxidation sites excluding steroid dienone is 1. The Hall–Kier alpha value is -1.22. The minimum absolute atomic E-state index is 0.594. The van der Waals surface area contributed by atoms with Crippen molar-refractivity contribution in [3.8, 4) is 0 Å². The van der Waals surface area contributed by atoms with Gasteiger partial charge in [-0.3, -0.25) is 0 Å². The Morgan fingerprint density at radius 1 is 1.50 bits per heavy atom. The summed E-state index contributed by atoms with van der Waals surface area (Å²) < 4.78 is 9.77. The van der Waals surface area contributed by atoms with E-state index in [-0.39, 0.29) is 0 Å². The van der Waals surface area contributed by atoms with Gasteiger partial charge in [0.15, 0.2) is 0 Å². The van der Waals surface area contributed by atoms with Crippen molar-refractivity contribution in [3.05, 3.63) is 35.8 Å². The van der Waals surface area contributed by atoms with Gasteiger partial charge in [-0.1, -0.05) is 0 Å². The molecule has 0 radical (unpaired) electrons. The van der Waals surface area contributed by atoms with Crippen LogP contribution >= 0.6 is 0 Å². The van der Waals surface area contributed by atoms with Crippen LogP contribution in [0.1, 0.15) is 0 Å². The first-order valence-corrected chi connectivity index (χ1v) is 3.62. The maximum absolute atomic E-state index is 9.38. The van der Waals surface area contributed by atoms with Crippen LogP contribution in [0.2, 0.25) is 0 Å². The van der Waals surface area contributed by atoms with E-state index in [9.17, 15) is 5.11 Å². The Labute approximate surface area is 71.6 Å². The number of methoxy groups -OCH3 is 2. The van der Waals surface area contributed by atoms with Crippen LogP contribution in [-0.2, 0) is 9.47 Å². The van der Waals surface area contributed by atoms with Gasteiger partial charge in [-0.05, 0) is 18.2 Å². The largest absolute Gasteiger partial charge is 0.504 e. The fraction of sp³-hybridized carbons (Fsp3) is 0.333. The Morgan fingerprint density at radius 2 is 2.25 bits per heavy atom. The van der Waals surface area contributed by atoms with Crippen molar-refractivity contribution in [2.24, 2.45) is 0 Å². The maximum atomic E-state index is 9.38. The lowest BCUT2D eigenvalue weighted by molar-refractivity contribution is 0.242. The van der Waals surface area contributed by atoms with Gasteiger partial charge in [-0.25, -0.2) is 0 Å². The molecule has 3 nitrogen and oxygen atoms in total. The van der Waals surface area contributed by atoms with Crippen LogP contribution in [-0.4, -0.2) is 25.4 Å². The van der Waals surface area contributed by atoms with Crippen molar-refractivity contribution in [2.45, 2.75) is 6.10 Å². The average Bonchev–Trinajstić information content (AvgIpc) is 2.09. The van der Waals surface area contributed by atoms with Gasteiger partial charge in [0.2, 0.25) is 0 Å². The Morgan fingerprint density at radius 3 is 2.83 bits per heavy atom. The van der Waals surface area contributed by atoms with E-state index in [1.54, 1.807) is 32.4 Å². The molecule has 0 amide bonds. The molecule has 1 aliphatic rings. The van der Waals surface area contributed by atoms with E-state index in [4.69, 9.17) is 9.47 Å². The highest BCUT2D eigenvalue weighted by Gasteiger charge is 2.11. The molecule has 1 aliphatic carbocycles. The number of aliphatic hydroxyl groups is 1. The molecule has 1 rings (SSSR count). The molecule has 1 unspecified atom stereocenters. The lowest BCUT2D eigenvalue weighted by Crippen LogP contribution is -2.09. The summed E-state index contributed by atoms with van der Waals surface area (Å²) in [6, 6.07) is 0. The number of aliphatic hydroxyl groups excluding tert-OH is 1. The summed E-state index contributed by atoms with van der Waals surface area (Å²) in [6.07, 6.45) is 5.99. The maximum Gasteiger partial charge on any atom is 0.119 e. The van der Waals surface area contributed by atoms with Crippen molar-refractivity contribution < 1.29 is 14.6 Å². The molecule has 12 heavy (non-hydrogen) atoms. The monoisotopic (exact) mass is 168 g/mol. The summed E-state index contributed by atoms with van der Waals surface area (Å²) in [5.74, 6) is 0.712. The Bertz CT molecular complexity index is 238. The number of rotatable bonds is 2. The fourth-order valence-corrected chi connectivity index (χ4v) is 0.962. The molecule has 1 atom stereocenters. The molecule has 1 N–H and O–H groups in total. The average molecular weight is 168 g/mol. The molecular formula is C9H12O3. The van der Waals surface area contributed by atoms with Gasteiger partial charge in [-0.15, -0.1) is 0 Å². The lowest BCUT2D eigenvalue weighted by atomic mass is 10.1. The van der Waals surface area contributed by atoms with E-state index >= 15 is 0 Å². The van der Waals surface area contributed by atoms with Gasteiger partial charge in [0.05, 0.1) is 20.5 Å². The quantitative estimate of drug-likeness (QED) is 0.624. The molecule has 0 spiro atoms. The summed E-state index contributed by atoms with van der Waals surface area (Å²) in [6.45, 7) is 0. The molecule has 0 aromatic carbocycles. The number of ether oxygens (including phenoxy) is 2. The van der Waals surface area contributed by atoms with Crippen molar-refractivity contribution in [2.75, 3.05) is 14.2 Å². The second-order valence-corrected chi connectivity index (χ2v) is 2.41. The Balaban J connectivity index is 2.81. The van der Waals surface area contributed by atoms with E-state index in [0.717, 1.165) is 0 Å². The van der Waals surface area contributed by atoms with Crippen LogP contribution in [0.25, 0.3) is 0 Å². The van der Waals surface area contributed by atoms with E-state index in [2.05, 4.69) is 0 Å². The highest BCUT2D eigenvalue weighted by molar-refractivity contribution is 5.36. The second-order valence-electron chi connectivity index (χ2n) is 2.41. The summed E-state index contributed by atoms with van der Waals surface area (Å²) >= 11 is 0. The van der Waals surface area contributed by atoms with Crippen molar-refractivity contribution in [3.63, 3.8) is 0 Å². The van der Waals surface area contributed by atoms with Crippen molar-refractivity contribution in [1.29, 1.82) is 0 Å². The molecule has 0 aromatic heterocycles. The van der Waals surface area contributed by atoms with Crippen molar-refractivity contribution in [1.82, 2.24) is 0 Å². The van der Waals surface area contributed by atoms with Gasteiger partial charge in [0, 0.05) is 5.57 Å². The third kappa shape index (κ3) is 1.89. The SMILES string of the molecule is COC=C1C=C(OC)C=CC1O. The molecule has 0 fully saturated rings. The molecule has 0 heterocycles. The van der Waals surface area contributed by atoms with Crippen LogP contribution in [0.3, 0.4) is 0 Å². The topological polar surface area (TPSA) is 38.7 Å². The minimum Gasteiger partial charge on any atom is -0.504 e. The zero-order valence-corrected chi connectivity index (χ0v) is 7.15. The zero-order valence-electron chi connectivity index (χ0n) is 7.15. The molecule has 0 aliphatic heterocycles. The summed E-state index contributed by atoms with van der Waals surface area (Å²) in [7, 11) is 3.12. The molecule has 0 bridgehead atoms. The normalized spacial score (nSPS) is 25.4. The summed E-state index contributed by atoms with van der Waals surface area (Å²) in [4.78, 5) is 0. The van der Waals surface area contributed by atoms with Crippen LogP contribution in [0.5, 0.6) is 0 Å². The van der Waals surface area contributed by atoms with Crippen LogP contribution < -0.4 is 0 Å². The predicted octanol–water partition coefficient (Wildman–Crippen LogP) is 0.978. The highest BCUT2D eigenvalue weighted by atomic mass is 16.5. The van der Waals surface area contributed by atoms with E-state index in [0.29, 0.717) is 11.3 Å². The highest BCUT2D eigenvalue weighted by Crippen LogP contribution is 2.16. The summed E-state index contributed by atoms with van der Waals surface area (Å²) in [5, 5.41) is 9.38. The zero-order chi connectivity index (χ0) is 8.97. The van der Waals surface area contributed by atoms with Gasteiger partial charge >= 0.3 is 0 Å². The predicted molar refractivity (Wildman–Crippen MR) is 45.3 cm³/mol. The third-order valence-corrected chi connectivity index (χ3v) is 1.58. The van der Waals surface area contributed by atoms with E-state index < -0.39 is 6.10 Å².